The highest BCUT2D eigenvalue weighted by atomic mass is 32.1. The average Bonchev–Trinajstić information content (AvgIpc) is 2.97. The molecule has 4 nitrogen and oxygen atoms in total. The first-order valence-corrected chi connectivity index (χ1v) is 10.0. The Labute approximate surface area is 159 Å². The first kappa shape index (κ1) is 18.8. The zero-order chi connectivity index (χ0) is 18.7. The Morgan fingerprint density at radius 2 is 1.77 bits per heavy atom. The van der Waals surface area contributed by atoms with Crippen LogP contribution in [0, 0.1) is 20.8 Å². The normalized spacial score (nSPS) is 15.7. The maximum absolute atomic E-state index is 12.8. The van der Waals surface area contributed by atoms with Crippen molar-refractivity contribution in [3.8, 4) is 0 Å². The maximum atomic E-state index is 12.8. The molecule has 0 unspecified atom stereocenters. The molecule has 0 spiro atoms. The minimum atomic E-state index is -0.369. The molecule has 0 saturated carbocycles. The highest BCUT2D eigenvalue weighted by Crippen LogP contribution is 2.19. The van der Waals surface area contributed by atoms with Crippen molar-refractivity contribution >= 4 is 23.0 Å². The third-order valence-corrected chi connectivity index (χ3v) is 5.69. The van der Waals surface area contributed by atoms with Crippen LogP contribution in [0.15, 0.2) is 29.0 Å². The number of benzene rings is 1. The molecule has 1 amide bonds. The van der Waals surface area contributed by atoms with Gasteiger partial charge in [0.15, 0.2) is 0 Å². The fourth-order valence-electron chi connectivity index (χ4n) is 3.76. The van der Waals surface area contributed by atoms with Crippen molar-refractivity contribution < 1.29 is 9.59 Å². The molecule has 1 saturated heterocycles. The molecule has 26 heavy (non-hydrogen) atoms. The number of nitrogens with zero attached hydrogens (tertiary/aromatic N) is 2. The lowest BCUT2D eigenvalue weighted by Gasteiger charge is -2.22. The van der Waals surface area contributed by atoms with Crippen molar-refractivity contribution in [1.82, 2.24) is 9.80 Å². The molecule has 0 bridgehead atoms. The molecule has 3 rings (SSSR count). The van der Waals surface area contributed by atoms with Crippen LogP contribution in [0.2, 0.25) is 0 Å². The van der Waals surface area contributed by atoms with Crippen molar-refractivity contribution in [2.75, 3.05) is 26.2 Å². The highest BCUT2D eigenvalue weighted by Gasteiger charge is 2.27. The van der Waals surface area contributed by atoms with E-state index in [1.807, 2.05) is 32.9 Å². The van der Waals surface area contributed by atoms with E-state index in [0.29, 0.717) is 18.7 Å². The van der Waals surface area contributed by atoms with E-state index in [-0.39, 0.29) is 11.7 Å². The number of hydrogen-bond acceptors (Lipinski definition) is 4. The van der Waals surface area contributed by atoms with Gasteiger partial charge in [-0.3, -0.25) is 14.5 Å². The lowest BCUT2D eigenvalue weighted by atomic mass is 9.96. The molecule has 1 aromatic carbocycles. The Morgan fingerprint density at radius 3 is 2.42 bits per heavy atom. The quantitative estimate of drug-likeness (QED) is 0.610. The molecule has 1 aliphatic rings. The minimum absolute atomic E-state index is 0.363. The number of hydrogen-bond donors (Lipinski definition) is 0. The molecule has 138 valence electrons. The molecule has 0 N–H and O–H groups in total. The summed E-state index contributed by atoms with van der Waals surface area (Å²) in [7, 11) is 0. The van der Waals surface area contributed by atoms with E-state index in [1.165, 1.54) is 5.56 Å². The number of Topliss-reactive ketones (excluding diaryl/α,β-unsaturated/α-hetero) is 1. The van der Waals surface area contributed by atoms with Gasteiger partial charge >= 0.3 is 0 Å². The minimum Gasteiger partial charge on any atom is -0.334 e. The topological polar surface area (TPSA) is 40.6 Å². The number of ketones is 1. The van der Waals surface area contributed by atoms with E-state index in [4.69, 9.17) is 0 Å². The molecule has 1 aliphatic heterocycles. The van der Waals surface area contributed by atoms with Gasteiger partial charge in [0.25, 0.3) is 11.7 Å². The van der Waals surface area contributed by atoms with Crippen LogP contribution in [0.1, 0.15) is 39.0 Å². The molecule has 2 heterocycles. The van der Waals surface area contributed by atoms with Crippen molar-refractivity contribution in [1.29, 1.82) is 0 Å². The third kappa shape index (κ3) is 4.22. The van der Waals surface area contributed by atoms with Gasteiger partial charge in [-0.2, -0.15) is 11.3 Å². The fraction of sp³-hybridized carbons (Fsp3) is 0.429. The molecular weight excluding hydrogens is 344 g/mol. The summed E-state index contributed by atoms with van der Waals surface area (Å²) < 4.78 is 0. The van der Waals surface area contributed by atoms with Crippen LogP contribution in [0.25, 0.3) is 0 Å². The van der Waals surface area contributed by atoms with E-state index in [1.54, 1.807) is 16.2 Å². The molecule has 0 atom stereocenters. The van der Waals surface area contributed by atoms with Gasteiger partial charge in [0, 0.05) is 38.3 Å². The van der Waals surface area contributed by atoms with Crippen LogP contribution < -0.4 is 0 Å². The second-order valence-corrected chi connectivity index (χ2v) is 7.94. The predicted molar refractivity (Wildman–Crippen MR) is 106 cm³/mol. The standard InChI is InChI=1S/C21H26N2O2S/c1-15-11-16(2)19(17(3)12-15)20(24)21(25)23-7-4-6-22(8-9-23)13-18-5-10-26-14-18/h5,10-12,14H,4,6-9,13H2,1-3H3. The summed E-state index contributed by atoms with van der Waals surface area (Å²) in [5, 5.41) is 4.26. The van der Waals surface area contributed by atoms with Gasteiger partial charge in [0.05, 0.1) is 0 Å². The summed E-state index contributed by atoms with van der Waals surface area (Å²) in [6.45, 7) is 9.75. The van der Waals surface area contributed by atoms with E-state index >= 15 is 0 Å². The zero-order valence-corrected chi connectivity index (χ0v) is 16.6. The number of amides is 1. The maximum Gasteiger partial charge on any atom is 0.295 e. The second kappa shape index (κ2) is 8.14. The van der Waals surface area contributed by atoms with E-state index in [0.717, 1.165) is 42.7 Å². The van der Waals surface area contributed by atoms with Gasteiger partial charge in [-0.1, -0.05) is 17.7 Å². The SMILES string of the molecule is Cc1cc(C)c(C(=O)C(=O)N2CCCN(Cc3ccsc3)CC2)c(C)c1. The molecule has 2 aromatic rings. The van der Waals surface area contributed by atoms with Gasteiger partial charge in [-0.25, -0.2) is 0 Å². The van der Waals surface area contributed by atoms with Crippen LogP contribution in [-0.2, 0) is 11.3 Å². The van der Waals surface area contributed by atoms with Gasteiger partial charge in [-0.15, -0.1) is 0 Å². The van der Waals surface area contributed by atoms with Gasteiger partial charge in [0.2, 0.25) is 0 Å². The number of carbonyl (C=O) groups excluding carboxylic acids is 2. The smallest absolute Gasteiger partial charge is 0.295 e. The molecule has 5 heteroatoms. The predicted octanol–water partition coefficient (Wildman–Crippen LogP) is 3.59. The Hall–Kier alpha value is -1.98. The first-order chi connectivity index (χ1) is 12.5. The Balaban J connectivity index is 1.67. The summed E-state index contributed by atoms with van der Waals surface area (Å²) in [5.74, 6) is -0.733. The number of carbonyl (C=O) groups is 2. The van der Waals surface area contributed by atoms with Crippen molar-refractivity contribution in [2.24, 2.45) is 0 Å². The average molecular weight is 371 g/mol. The summed E-state index contributed by atoms with van der Waals surface area (Å²) in [6.07, 6.45) is 0.898. The van der Waals surface area contributed by atoms with E-state index < -0.39 is 0 Å². The summed E-state index contributed by atoms with van der Waals surface area (Å²) >= 11 is 1.71. The Morgan fingerprint density at radius 1 is 1.04 bits per heavy atom. The van der Waals surface area contributed by atoms with Crippen LogP contribution in [0.4, 0.5) is 0 Å². The monoisotopic (exact) mass is 370 g/mol. The fourth-order valence-corrected chi connectivity index (χ4v) is 4.42. The summed E-state index contributed by atoms with van der Waals surface area (Å²) in [4.78, 5) is 29.8. The van der Waals surface area contributed by atoms with Gasteiger partial charge in [0.1, 0.15) is 0 Å². The number of rotatable bonds is 4. The largest absolute Gasteiger partial charge is 0.334 e. The van der Waals surface area contributed by atoms with Crippen molar-refractivity contribution in [2.45, 2.75) is 33.7 Å². The van der Waals surface area contributed by atoms with Crippen molar-refractivity contribution in [3.05, 3.63) is 56.8 Å². The molecule has 1 aromatic heterocycles. The second-order valence-electron chi connectivity index (χ2n) is 7.16. The lowest BCUT2D eigenvalue weighted by molar-refractivity contribution is -0.126. The molecule has 0 aliphatic carbocycles. The number of aryl methyl sites for hydroxylation is 3. The first-order valence-electron chi connectivity index (χ1n) is 9.10. The summed E-state index contributed by atoms with van der Waals surface area (Å²) in [5.41, 5.74) is 4.77. The third-order valence-electron chi connectivity index (χ3n) is 4.96. The summed E-state index contributed by atoms with van der Waals surface area (Å²) in [6, 6.07) is 6.09. The van der Waals surface area contributed by atoms with Gasteiger partial charge < -0.3 is 4.90 Å². The van der Waals surface area contributed by atoms with E-state index in [9.17, 15) is 9.59 Å². The Kier molecular flexibility index (Phi) is 5.89. The van der Waals surface area contributed by atoms with Crippen LogP contribution in [0.5, 0.6) is 0 Å². The van der Waals surface area contributed by atoms with Crippen LogP contribution >= 0.6 is 11.3 Å². The molecule has 0 radical (unpaired) electrons. The molecule has 1 fully saturated rings. The highest BCUT2D eigenvalue weighted by molar-refractivity contribution is 7.07. The van der Waals surface area contributed by atoms with E-state index in [2.05, 4.69) is 21.7 Å². The molecular formula is C21H26N2O2S. The lowest BCUT2D eigenvalue weighted by Crippen LogP contribution is -2.39. The van der Waals surface area contributed by atoms with Crippen LogP contribution in [-0.4, -0.2) is 47.7 Å². The zero-order valence-electron chi connectivity index (χ0n) is 15.7. The van der Waals surface area contributed by atoms with Gasteiger partial charge in [-0.05, 0) is 60.7 Å². The van der Waals surface area contributed by atoms with Crippen molar-refractivity contribution in [3.63, 3.8) is 0 Å². The van der Waals surface area contributed by atoms with Crippen LogP contribution in [0.3, 0.4) is 0 Å². The number of thiophene rings is 1. The Bertz CT molecular complexity index is 775.